The molecule has 0 saturated heterocycles. The van der Waals surface area contributed by atoms with Gasteiger partial charge in [-0.3, -0.25) is 0 Å². The average molecular weight is 272 g/mol. The lowest BCUT2D eigenvalue weighted by Crippen LogP contribution is -2.37. The van der Waals surface area contributed by atoms with Gasteiger partial charge in [-0.05, 0) is 33.8 Å². The van der Waals surface area contributed by atoms with Crippen LogP contribution in [0.25, 0.3) is 0 Å². The second-order valence-corrected chi connectivity index (χ2v) is 7.40. The number of nitriles is 1. The van der Waals surface area contributed by atoms with Gasteiger partial charge in [-0.2, -0.15) is 9.57 Å². The summed E-state index contributed by atoms with van der Waals surface area (Å²) in [7, 11) is -3.55. The molecule has 0 aliphatic carbocycles. The number of thiophene rings is 1. The van der Waals surface area contributed by atoms with Crippen LogP contribution in [-0.4, -0.2) is 25.3 Å². The smallest absolute Gasteiger partial charge is 0.207 e. The summed E-state index contributed by atoms with van der Waals surface area (Å²) in [4.78, 5) is 2.05. The highest BCUT2D eigenvalue weighted by atomic mass is 32.2. The molecular formula is C11H16N2O2S2. The highest BCUT2D eigenvalue weighted by molar-refractivity contribution is 7.89. The molecule has 4 nitrogen and oxygen atoms in total. The molecule has 0 aliphatic rings. The van der Waals surface area contributed by atoms with Gasteiger partial charge in [0.25, 0.3) is 0 Å². The fraction of sp³-hybridized carbons (Fsp3) is 0.545. The third-order valence-electron chi connectivity index (χ3n) is 2.38. The standard InChI is InChI=1S/C11H16N2O2S2/c1-8(2)13(6-5-12)17(14,15)11-7-9(3)16-10(11)4/h7-8H,6H2,1-4H3. The molecule has 0 saturated carbocycles. The molecule has 0 fully saturated rings. The largest absolute Gasteiger partial charge is 0.245 e. The minimum absolute atomic E-state index is 0.117. The highest BCUT2D eigenvalue weighted by Gasteiger charge is 2.29. The van der Waals surface area contributed by atoms with E-state index >= 15 is 0 Å². The highest BCUT2D eigenvalue weighted by Crippen LogP contribution is 2.28. The second-order valence-electron chi connectivity index (χ2n) is 4.08. The minimum Gasteiger partial charge on any atom is -0.207 e. The van der Waals surface area contributed by atoms with Gasteiger partial charge in [0.2, 0.25) is 10.0 Å². The van der Waals surface area contributed by atoms with Gasteiger partial charge < -0.3 is 0 Å². The van der Waals surface area contributed by atoms with Gasteiger partial charge in [-0.15, -0.1) is 11.3 Å². The molecule has 0 aliphatic heterocycles. The fourth-order valence-corrected chi connectivity index (χ4v) is 4.66. The van der Waals surface area contributed by atoms with Crippen LogP contribution in [0, 0.1) is 25.2 Å². The van der Waals surface area contributed by atoms with Crippen LogP contribution in [0.4, 0.5) is 0 Å². The number of nitrogens with zero attached hydrogens (tertiary/aromatic N) is 2. The molecule has 0 aromatic carbocycles. The van der Waals surface area contributed by atoms with Crippen molar-refractivity contribution in [3.63, 3.8) is 0 Å². The average Bonchev–Trinajstić information content (AvgIpc) is 2.54. The number of sulfonamides is 1. The quantitative estimate of drug-likeness (QED) is 0.790. The first kappa shape index (κ1) is 14.2. The van der Waals surface area contributed by atoms with E-state index in [1.54, 1.807) is 26.8 Å². The van der Waals surface area contributed by atoms with E-state index in [0.717, 1.165) is 9.75 Å². The Balaban J connectivity index is 3.27. The van der Waals surface area contributed by atoms with Gasteiger partial charge in [0, 0.05) is 15.8 Å². The number of aryl methyl sites for hydroxylation is 2. The van der Waals surface area contributed by atoms with Crippen molar-refractivity contribution in [2.45, 2.75) is 38.6 Å². The number of hydrogen-bond acceptors (Lipinski definition) is 4. The van der Waals surface area contributed by atoms with Crippen LogP contribution in [0.1, 0.15) is 23.6 Å². The van der Waals surface area contributed by atoms with E-state index in [4.69, 9.17) is 5.26 Å². The van der Waals surface area contributed by atoms with Crippen LogP contribution in [0.15, 0.2) is 11.0 Å². The predicted octanol–water partition coefficient (Wildman–Crippen LogP) is 2.29. The molecule has 1 aromatic heterocycles. The van der Waals surface area contributed by atoms with Crippen LogP contribution < -0.4 is 0 Å². The lowest BCUT2D eigenvalue weighted by Gasteiger charge is -2.22. The van der Waals surface area contributed by atoms with Crippen LogP contribution in [-0.2, 0) is 10.0 Å². The third-order valence-corrected chi connectivity index (χ3v) is 5.63. The Kier molecular flexibility index (Phi) is 4.31. The van der Waals surface area contributed by atoms with Gasteiger partial charge in [-0.25, -0.2) is 8.42 Å². The monoisotopic (exact) mass is 272 g/mol. The SMILES string of the molecule is Cc1cc(S(=O)(=O)N(CC#N)C(C)C)c(C)s1. The van der Waals surface area contributed by atoms with Gasteiger partial charge in [0.15, 0.2) is 0 Å². The first-order valence-corrected chi connectivity index (χ1v) is 7.52. The summed E-state index contributed by atoms with van der Waals surface area (Å²) in [5.74, 6) is 0. The molecule has 0 unspecified atom stereocenters. The van der Waals surface area contributed by atoms with E-state index < -0.39 is 10.0 Å². The third kappa shape index (κ3) is 2.86. The number of rotatable bonds is 4. The molecule has 0 radical (unpaired) electrons. The minimum atomic E-state index is -3.55. The molecule has 1 heterocycles. The van der Waals surface area contributed by atoms with Crippen molar-refractivity contribution in [3.05, 3.63) is 15.8 Å². The van der Waals surface area contributed by atoms with Crippen molar-refractivity contribution >= 4 is 21.4 Å². The molecular weight excluding hydrogens is 256 g/mol. The molecule has 94 valence electrons. The summed E-state index contributed by atoms with van der Waals surface area (Å²) in [5, 5.41) is 8.72. The Bertz CT molecular complexity index is 538. The fourth-order valence-electron chi connectivity index (χ4n) is 1.60. The molecule has 0 spiro atoms. The van der Waals surface area contributed by atoms with E-state index in [1.165, 1.54) is 15.6 Å². The van der Waals surface area contributed by atoms with E-state index in [2.05, 4.69) is 0 Å². The molecule has 6 heteroatoms. The zero-order valence-corrected chi connectivity index (χ0v) is 12.0. The second kappa shape index (κ2) is 5.17. The molecule has 1 aromatic rings. The van der Waals surface area contributed by atoms with Crippen LogP contribution in [0.5, 0.6) is 0 Å². The summed E-state index contributed by atoms with van der Waals surface area (Å²) >= 11 is 1.45. The summed E-state index contributed by atoms with van der Waals surface area (Å²) < 4.78 is 26.0. The topological polar surface area (TPSA) is 61.2 Å². The van der Waals surface area contributed by atoms with Crippen LogP contribution >= 0.6 is 11.3 Å². The zero-order valence-electron chi connectivity index (χ0n) is 10.4. The van der Waals surface area contributed by atoms with Gasteiger partial charge in [0.05, 0.1) is 11.0 Å². The summed E-state index contributed by atoms with van der Waals surface area (Å²) in [6.07, 6.45) is 0. The Morgan fingerprint density at radius 3 is 2.41 bits per heavy atom. The van der Waals surface area contributed by atoms with Crippen LogP contribution in [0.2, 0.25) is 0 Å². The Labute approximate surface area is 107 Å². The Morgan fingerprint density at radius 1 is 1.47 bits per heavy atom. The Morgan fingerprint density at radius 2 is 2.06 bits per heavy atom. The molecule has 1 rings (SSSR count). The maximum absolute atomic E-state index is 12.4. The predicted molar refractivity (Wildman–Crippen MR) is 68.4 cm³/mol. The van der Waals surface area contributed by atoms with Crippen molar-refractivity contribution < 1.29 is 8.42 Å². The van der Waals surface area contributed by atoms with E-state index in [-0.39, 0.29) is 12.6 Å². The summed E-state index contributed by atoms with van der Waals surface area (Å²) in [6.45, 7) is 7.08. The first-order chi connectivity index (χ1) is 7.80. The first-order valence-electron chi connectivity index (χ1n) is 5.26. The molecule has 0 atom stereocenters. The van der Waals surface area contributed by atoms with Crippen molar-refractivity contribution in [1.82, 2.24) is 4.31 Å². The molecule has 0 bridgehead atoms. The van der Waals surface area contributed by atoms with Gasteiger partial charge in [-0.1, -0.05) is 0 Å². The van der Waals surface area contributed by atoms with E-state index in [1.807, 2.05) is 13.0 Å². The number of hydrogen-bond donors (Lipinski definition) is 0. The van der Waals surface area contributed by atoms with E-state index in [9.17, 15) is 8.42 Å². The van der Waals surface area contributed by atoms with Gasteiger partial charge >= 0.3 is 0 Å². The summed E-state index contributed by atoms with van der Waals surface area (Å²) in [6, 6.07) is 3.35. The summed E-state index contributed by atoms with van der Waals surface area (Å²) in [5.41, 5.74) is 0. The lowest BCUT2D eigenvalue weighted by atomic mass is 10.4. The van der Waals surface area contributed by atoms with Crippen molar-refractivity contribution in [3.8, 4) is 6.07 Å². The molecule has 0 N–H and O–H groups in total. The Hall–Kier alpha value is -0.900. The van der Waals surface area contributed by atoms with Crippen molar-refractivity contribution in [2.24, 2.45) is 0 Å². The lowest BCUT2D eigenvalue weighted by molar-refractivity contribution is 0.385. The van der Waals surface area contributed by atoms with Crippen molar-refractivity contribution in [1.29, 1.82) is 5.26 Å². The van der Waals surface area contributed by atoms with Gasteiger partial charge in [0.1, 0.15) is 6.54 Å². The maximum atomic E-state index is 12.4. The van der Waals surface area contributed by atoms with Crippen molar-refractivity contribution in [2.75, 3.05) is 6.54 Å². The maximum Gasteiger partial charge on any atom is 0.245 e. The zero-order chi connectivity index (χ0) is 13.2. The van der Waals surface area contributed by atoms with Crippen LogP contribution in [0.3, 0.4) is 0 Å². The molecule has 0 amide bonds. The normalized spacial score (nSPS) is 12.1. The molecule has 17 heavy (non-hydrogen) atoms. The van der Waals surface area contributed by atoms with E-state index in [0.29, 0.717) is 4.90 Å².